The fourth-order valence-electron chi connectivity index (χ4n) is 1.58. The Morgan fingerprint density at radius 1 is 1.23 bits per heavy atom. The van der Waals surface area contributed by atoms with Gasteiger partial charge >= 0.3 is 0 Å². The first-order valence-corrected chi connectivity index (χ1v) is 7.39. The summed E-state index contributed by atoms with van der Waals surface area (Å²) in [5.41, 5.74) is 1.04. The lowest BCUT2D eigenvalue weighted by molar-refractivity contribution is 0.203. The smallest absolute Gasteiger partial charge is 0.213 e. The molecule has 0 aliphatic carbocycles. The zero-order valence-electron chi connectivity index (χ0n) is 13.6. The van der Waals surface area contributed by atoms with Crippen molar-refractivity contribution in [3.05, 3.63) is 23.9 Å². The van der Waals surface area contributed by atoms with Crippen LogP contribution in [0, 0.1) is 0 Å². The molecule has 0 amide bonds. The number of halogens is 1. The van der Waals surface area contributed by atoms with Gasteiger partial charge in [-0.15, -0.1) is 24.0 Å². The fourth-order valence-corrected chi connectivity index (χ4v) is 1.58. The summed E-state index contributed by atoms with van der Waals surface area (Å²) < 4.78 is 10.5. The molecule has 0 bridgehead atoms. The summed E-state index contributed by atoms with van der Waals surface area (Å²) in [5.74, 6) is 1.44. The summed E-state index contributed by atoms with van der Waals surface area (Å²) >= 11 is 0. The van der Waals surface area contributed by atoms with E-state index < -0.39 is 0 Å². The van der Waals surface area contributed by atoms with Crippen molar-refractivity contribution in [3.8, 4) is 5.88 Å². The van der Waals surface area contributed by atoms with Crippen LogP contribution in [0.4, 0.5) is 0 Å². The highest BCUT2D eigenvalue weighted by Gasteiger charge is 1.99. The molecule has 126 valence electrons. The van der Waals surface area contributed by atoms with Gasteiger partial charge in [0.1, 0.15) is 0 Å². The Morgan fingerprint density at radius 3 is 2.64 bits per heavy atom. The van der Waals surface area contributed by atoms with Gasteiger partial charge in [-0.3, -0.25) is 0 Å². The van der Waals surface area contributed by atoms with E-state index in [0.29, 0.717) is 25.6 Å². The van der Waals surface area contributed by atoms with E-state index in [2.05, 4.69) is 27.5 Å². The number of rotatable bonds is 9. The van der Waals surface area contributed by atoms with Crippen molar-refractivity contribution in [1.82, 2.24) is 15.6 Å². The zero-order chi connectivity index (χ0) is 15.3. The molecule has 1 aromatic heterocycles. The molecule has 22 heavy (non-hydrogen) atoms. The molecule has 0 atom stereocenters. The number of aliphatic imine (C=N–C) groups is 1. The van der Waals surface area contributed by atoms with Gasteiger partial charge in [-0.25, -0.2) is 9.98 Å². The summed E-state index contributed by atoms with van der Waals surface area (Å²) in [4.78, 5) is 8.77. The summed E-state index contributed by atoms with van der Waals surface area (Å²) in [6.45, 7) is 7.57. The van der Waals surface area contributed by atoms with E-state index in [1.165, 1.54) is 0 Å². The maximum Gasteiger partial charge on any atom is 0.213 e. The van der Waals surface area contributed by atoms with Gasteiger partial charge < -0.3 is 20.1 Å². The van der Waals surface area contributed by atoms with Crippen LogP contribution in [0.25, 0.3) is 0 Å². The number of methoxy groups -OCH3 is 1. The topological polar surface area (TPSA) is 67.8 Å². The van der Waals surface area contributed by atoms with Crippen LogP contribution in [-0.2, 0) is 11.3 Å². The van der Waals surface area contributed by atoms with Crippen LogP contribution in [0.15, 0.2) is 23.3 Å². The molecule has 0 spiro atoms. The highest BCUT2D eigenvalue weighted by Crippen LogP contribution is 2.08. The third-order valence-electron chi connectivity index (χ3n) is 2.61. The Labute approximate surface area is 150 Å². The number of nitrogens with zero attached hydrogens (tertiary/aromatic N) is 2. The Kier molecular flexibility index (Phi) is 12.9. The maximum atomic E-state index is 5.45. The van der Waals surface area contributed by atoms with Crippen molar-refractivity contribution in [3.63, 3.8) is 0 Å². The number of nitrogens with one attached hydrogen (secondary N) is 2. The first-order valence-electron chi connectivity index (χ1n) is 7.39. The molecule has 0 aromatic carbocycles. The average molecular weight is 422 g/mol. The molecule has 0 aliphatic heterocycles. The summed E-state index contributed by atoms with van der Waals surface area (Å²) in [5, 5.41) is 6.39. The van der Waals surface area contributed by atoms with Gasteiger partial charge in [-0.2, -0.15) is 0 Å². The van der Waals surface area contributed by atoms with Crippen LogP contribution in [0.2, 0.25) is 0 Å². The Balaban J connectivity index is 0.00000441. The van der Waals surface area contributed by atoms with Gasteiger partial charge in [-0.1, -0.05) is 13.0 Å². The molecular formula is C15H27IN4O2. The predicted molar refractivity (Wildman–Crippen MR) is 100 cm³/mol. The Morgan fingerprint density at radius 2 is 2.05 bits per heavy atom. The Bertz CT molecular complexity index is 413. The van der Waals surface area contributed by atoms with Crippen LogP contribution < -0.4 is 15.4 Å². The van der Waals surface area contributed by atoms with E-state index in [9.17, 15) is 0 Å². The number of hydrogen-bond acceptors (Lipinski definition) is 4. The largest absolute Gasteiger partial charge is 0.478 e. The van der Waals surface area contributed by atoms with Crippen molar-refractivity contribution in [2.75, 3.05) is 33.4 Å². The minimum atomic E-state index is 0. The number of hydrogen-bond donors (Lipinski definition) is 2. The molecule has 0 unspecified atom stereocenters. The lowest BCUT2D eigenvalue weighted by Crippen LogP contribution is -2.38. The fraction of sp³-hybridized carbons (Fsp3) is 0.600. The van der Waals surface area contributed by atoms with E-state index >= 15 is 0 Å². The van der Waals surface area contributed by atoms with Crippen LogP contribution >= 0.6 is 24.0 Å². The van der Waals surface area contributed by atoms with Crippen LogP contribution in [0.1, 0.15) is 25.8 Å². The van der Waals surface area contributed by atoms with Crippen LogP contribution in [0.5, 0.6) is 5.88 Å². The van der Waals surface area contributed by atoms with Gasteiger partial charge in [0.15, 0.2) is 5.96 Å². The normalized spacial score (nSPS) is 10.8. The predicted octanol–water partition coefficient (Wildman–Crippen LogP) is 2.19. The third-order valence-corrected chi connectivity index (χ3v) is 2.61. The minimum Gasteiger partial charge on any atom is -0.478 e. The van der Waals surface area contributed by atoms with Crippen LogP contribution in [0.3, 0.4) is 0 Å². The summed E-state index contributed by atoms with van der Waals surface area (Å²) in [6, 6.07) is 3.87. The molecule has 0 radical (unpaired) electrons. The summed E-state index contributed by atoms with van der Waals surface area (Å²) in [7, 11) is 1.68. The second-order valence-corrected chi connectivity index (χ2v) is 4.47. The van der Waals surface area contributed by atoms with Gasteiger partial charge in [0.05, 0.1) is 19.8 Å². The van der Waals surface area contributed by atoms with E-state index in [1.807, 2.05) is 19.1 Å². The molecule has 7 heteroatoms. The van der Waals surface area contributed by atoms with Gasteiger partial charge in [0.25, 0.3) is 0 Å². The second-order valence-electron chi connectivity index (χ2n) is 4.47. The standard InChI is InChI=1S/C15H26N4O2.HI/c1-4-9-21-14-7-6-13(11-18-14)12-19-15(16-5-2)17-8-10-20-3;/h6-7,11H,4-5,8-10,12H2,1-3H3,(H2,16,17,19);1H. The molecule has 0 fully saturated rings. The van der Waals surface area contributed by atoms with E-state index in [1.54, 1.807) is 13.3 Å². The SMILES string of the molecule is CCCOc1ccc(CN=C(NCC)NCCOC)cn1.I. The molecule has 1 rings (SSSR count). The Hall–Kier alpha value is -1.09. The van der Waals surface area contributed by atoms with Crippen molar-refractivity contribution in [2.45, 2.75) is 26.8 Å². The van der Waals surface area contributed by atoms with Crippen molar-refractivity contribution < 1.29 is 9.47 Å². The van der Waals surface area contributed by atoms with Crippen molar-refractivity contribution in [2.24, 2.45) is 4.99 Å². The highest BCUT2D eigenvalue weighted by atomic mass is 127. The molecule has 0 saturated carbocycles. The molecular weight excluding hydrogens is 395 g/mol. The molecule has 1 heterocycles. The van der Waals surface area contributed by atoms with Gasteiger partial charge in [-0.05, 0) is 18.9 Å². The monoisotopic (exact) mass is 422 g/mol. The number of ether oxygens (including phenoxy) is 2. The summed E-state index contributed by atoms with van der Waals surface area (Å²) in [6.07, 6.45) is 2.78. The lowest BCUT2D eigenvalue weighted by atomic mass is 10.3. The van der Waals surface area contributed by atoms with Crippen molar-refractivity contribution in [1.29, 1.82) is 0 Å². The molecule has 0 saturated heterocycles. The first-order chi connectivity index (χ1) is 10.3. The molecule has 0 aliphatic rings. The molecule has 6 nitrogen and oxygen atoms in total. The molecule has 1 aromatic rings. The van der Waals surface area contributed by atoms with E-state index in [0.717, 1.165) is 31.0 Å². The minimum absolute atomic E-state index is 0. The van der Waals surface area contributed by atoms with E-state index in [4.69, 9.17) is 9.47 Å². The lowest BCUT2D eigenvalue weighted by Gasteiger charge is -2.10. The quantitative estimate of drug-likeness (QED) is 0.277. The zero-order valence-corrected chi connectivity index (χ0v) is 15.9. The molecule has 2 N–H and O–H groups in total. The second kappa shape index (κ2) is 13.6. The van der Waals surface area contributed by atoms with Crippen molar-refractivity contribution >= 4 is 29.9 Å². The number of guanidine groups is 1. The van der Waals surface area contributed by atoms with Gasteiger partial charge in [0, 0.05) is 32.5 Å². The average Bonchev–Trinajstić information content (AvgIpc) is 2.52. The first kappa shape index (κ1) is 20.9. The number of pyridine rings is 1. The number of aromatic nitrogens is 1. The maximum absolute atomic E-state index is 5.45. The van der Waals surface area contributed by atoms with Gasteiger partial charge in [0.2, 0.25) is 5.88 Å². The highest BCUT2D eigenvalue weighted by molar-refractivity contribution is 14.0. The van der Waals surface area contributed by atoms with E-state index in [-0.39, 0.29) is 24.0 Å². The van der Waals surface area contributed by atoms with Crippen LogP contribution in [-0.4, -0.2) is 44.4 Å². The third kappa shape index (κ3) is 9.04.